The van der Waals surface area contributed by atoms with Crippen molar-refractivity contribution >= 4 is 12.0 Å². The average molecular weight is 202 g/mol. The summed E-state index contributed by atoms with van der Waals surface area (Å²) in [6.07, 6.45) is 0. The fourth-order valence-electron chi connectivity index (χ4n) is 1.07. The number of amides is 2. The lowest BCUT2D eigenvalue weighted by molar-refractivity contribution is -0.138. The van der Waals surface area contributed by atoms with Crippen molar-refractivity contribution in [2.45, 2.75) is 39.8 Å². The van der Waals surface area contributed by atoms with Crippen molar-refractivity contribution in [3.8, 4) is 0 Å². The number of hydrogen-bond acceptors (Lipinski definition) is 2. The van der Waals surface area contributed by atoms with E-state index in [-0.39, 0.29) is 12.1 Å². The fourth-order valence-corrected chi connectivity index (χ4v) is 1.07. The Morgan fingerprint density at radius 1 is 1.36 bits per heavy atom. The van der Waals surface area contributed by atoms with Gasteiger partial charge in [-0.2, -0.15) is 0 Å². The van der Waals surface area contributed by atoms with Crippen LogP contribution in [0.2, 0.25) is 0 Å². The minimum absolute atomic E-state index is 0.0704. The van der Waals surface area contributed by atoms with Crippen molar-refractivity contribution in [3.63, 3.8) is 0 Å². The number of nitrogens with one attached hydrogen (secondary N) is 1. The van der Waals surface area contributed by atoms with Gasteiger partial charge in [0.1, 0.15) is 6.04 Å². The van der Waals surface area contributed by atoms with Gasteiger partial charge in [-0.25, -0.2) is 4.79 Å². The Labute approximate surface area is 84.1 Å². The third-order valence-electron chi connectivity index (χ3n) is 1.94. The molecule has 0 aliphatic heterocycles. The summed E-state index contributed by atoms with van der Waals surface area (Å²) in [6, 6.07) is -1.12. The van der Waals surface area contributed by atoms with Crippen LogP contribution in [0, 0.1) is 0 Å². The van der Waals surface area contributed by atoms with Crippen LogP contribution >= 0.6 is 0 Å². The molecule has 0 aromatic heterocycles. The third kappa shape index (κ3) is 3.64. The zero-order chi connectivity index (χ0) is 11.3. The van der Waals surface area contributed by atoms with Crippen molar-refractivity contribution in [1.29, 1.82) is 0 Å². The van der Waals surface area contributed by atoms with Crippen LogP contribution in [0.25, 0.3) is 0 Å². The molecule has 0 spiro atoms. The van der Waals surface area contributed by atoms with E-state index < -0.39 is 12.0 Å². The maximum absolute atomic E-state index is 11.5. The van der Waals surface area contributed by atoms with E-state index in [2.05, 4.69) is 5.32 Å². The Bertz CT molecular complexity index is 216. The van der Waals surface area contributed by atoms with Gasteiger partial charge in [0.05, 0.1) is 0 Å². The topological polar surface area (TPSA) is 69.6 Å². The molecule has 0 unspecified atom stereocenters. The molecule has 0 saturated carbocycles. The molecule has 0 rings (SSSR count). The molecule has 0 radical (unpaired) electrons. The Kier molecular flexibility index (Phi) is 4.97. The molecule has 0 aromatic carbocycles. The molecule has 0 heterocycles. The van der Waals surface area contributed by atoms with Crippen LogP contribution in [-0.4, -0.2) is 40.6 Å². The molecule has 14 heavy (non-hydrogen) atoms. The first kappa shape index (κ1) is 12.7. The van der Waals surface area contributed by atoms with E-state index in [1.54, 1.807) is 4.90 Å². The van der Waals surface area contributed by atoms with E-state index in [0.29, 0.717) is 6.54 Å². The van der Waals surface area contributed by atoms with Gasteiger partial charge in [0, 0.05) is 12.6 Å². The number of rotatable bonds is 4. The maximum Gasteiger partial charge on any atom is 0.325 e. The molecule has 2 amide bonds. The van der Waals surface area contributed by atoms with Gasteiger partial charge >= 0.3 is 12.0 Å². The van der Waals surface area contributed by atoms with E-state index in [9.17, 15) is 9.59 Å². The smallest absolute Gasteiger partial charge is 0.325 e. The van der Waals surface area contributed by atoms with Crippen LogP contribution in [0.5, 0.6) is 0 Å². The molecular weight excluding hydrogens is 184 g/mol. The first-order valence-electron chi connectivity index (χ1n) is 4.70. The predicted octanol–water partition coefficient (Wildman–Crippen LogP) is 0.899. The highest BCUT2D eigenvalue weighted by molar-refractivity contribution is 5.82. The van der Waals surface area contributed by atoms with Gasteiger partial charge in [-0.1, -0.05) is 0 Å². The molecule has 0 saturated heterocycles. The minimum Gasteiger partial charge on any atom is -0.480 e. The third-order valence-corrected chi connectivity index (χ3v) is 1.94. The number of hydrogen-bond donors (Lipinski definition) is 2. The SMILES string of the molecule is CCN(C(=O)N[C@H](C)C(=O)O)C(C)C. The number of aliphatic carboxylic acids is 1. The van der Waals surface area contributed by atoms with Gasteiger partial charge in [0.25, 0.3) is 0 Å². The maximum atomic E-state index is 11.5. The molecule has 2 N–H and O–H groups in total. The number of urea groups is 1. The number of carbonyl (C=O) groups excluding carboxylic acids is 1. The number of carbonyl (C=O) groups is 2. The lowest BCUT2D eigenvalue weighted by Gasteiger charge is -2.26. The summed E-state index contributed by atoms with van der Waals surface area (Å²) in [6.45, 7) is 7.62. The lowest BCUT2D eigenvalue weighted by Crippen LogP contribution is -2.48. The van der Waals surface area contributed by atoms with E-state index in [0.717, 1.165) is 0 Å². The molecule has 0 fully saturated rings. The summed E-state index contributed by atoms with van der Waals surface area (Å²) in [5.41, 5.74) is 0. The van der Waals surface area contributed by atoms with E-state index >= 15 is 0 Å². The molecule has 82 valence electrons. The van der Waals surface area contributed by atoms with Gasteiger partial charge in [-0.15, -0.1) is 0 Å². The van der Waals surface area contributed by atoms with Crippen molar-refractivity contribution in [2.24, 2.45) is 0 Å². The van der Waals surface area contributed by atoms with Gasteiger partial charge < -0.3 is 15.3 Å². The summed E-state index contributed by atoms with van der Waals surface area (Å²) >= 11 is 0. The summed E-state index contributed by atoms with van der Waals surface area (Å²) in [4.78, 5) is 23.5. The summed E-state index contributed by atoms with van der Waals surface area (Å²) in [7, 11) is 0. The Morgan fingerprint density at radius 3 is 2.14 bits per heavy atom. The summed E-state index contributed by atoms with van der Waals surface area (Å²) < 4.78 is 0. The van der Waals surface area contributed by atoms with E-state index in [4.69, 9.17) is 5.11 Å². The number of carboxylic acid groups (broad SMARTS) is 1. The second-order valence-corrected chi connectivity index (χ2v) is 3.39. The molecule has 0 aromatic rings. The van der Waals surface area contributed by atoms with Crippen molar-refractivity contribution in [3.05, 3.63) is 0 Å². The van der Waals surface area contributed by atoms with Gasteiger partial charge in [0.2, 0.25) is 0 Å². The van der Waals surface area contributed by atoms with Gasteiger partial charge in [-0.05, 0) is 27.7 Å². The van der Waals surface area contributed by atoms with E-state index in [1.807, 2.05) is 20.8 Å². The normalized spacial score (nSPS) is 12.4. The van der Waals surface area contributed by atoms with Crippen molar-refractivity contribution < 1.29 is 14.7 Å². The average Bonchev–Trinajstić information content (AvgIpc) is 2.04. The minimum atomic E-state index is -1.03. The molecule has 0 bridgehead atoms. The second-order valence-electron chi connectivity index (χ2n) is 3.39. The number of nitrogens with zero attached hydrogens (tertiary/aromatic N) is 1. The molecule has 1 atom stereocenters. The fraction of sp³-hybridized carbons (Fsp3) is 0.778. The quantitative estimate of drug-likeness (QED) is 0.711. The first-order chi connectivity index (χ1) is 6.40. The zero-order valence-electron chi connectivity index (χ0n) is 9.07. The first-order valence-corrected chi connectivity index (χ1v) is 4.70. The van der Waals surface area contributed by atoms with Crippen LogP contribution in [0.4, 0.5) is 4.79 Å². The summed E-state index contributed by atoms with van der Waals surface area (Å²) in [5.74, 6) is -1.03. The van der Waals surface area contributed by atoms with Crippen molar-refractivity contribution in [2.75, 3.05) is 6.54 Å². The Morgan fingerprint density at radius 2 is 1.86 bits per heavy atom. The Hall–Kier alpha value is -1.26. The Balaban J connectivity index is 4.24. The molecule has 5 heteroatoms. The molecule has 0 aliphatic rings. The molecular formula is C9H18N2O3. The highest BCUT2D eigenvalue weighted by Gasteiger charge is 2.19. The van der Waals surface area contributed by atoms with Crippen LogP contribution < -0.4 is 5.32 Å². The largest absolute Gasteiger partial charge is 0.480 e. The predicted molar refractivity (Wildman–Crippen MR) is 53.1 cm³/mol. The molecule has 5 nitrogen and oxygen atoms in total. The van der Waals surface area contributed by atoms with E-state index in [1.165, 1.54) is 6.92 Å². The summed E-state index contributed by atoms with van der Waals surface area (Å²) in [5, 5.41) is 11.0. The highest BCUT2D eigenvalue weighted by atomic mass is 16.4. The lowest BCUT2D eigenvalue weighted by atomic mass is 10.3. The highest BCUT2D eigenvalue weighted by Crippen LogP contribution is 1.98. The van der Waals surface area contributed by atoms with Gasteiger partial charge in [0.15, 0.2) is 0 Å². The standard InChI is InChI=1S/C9H18N2O3/c1-5-11(6(2)3)9(14)10-7(4)8(12)13/h6-7H,5H2,1-4H3,(H,10,14)(H,12,13)/t7-/m1/s1. The van der Waals surface area contributed by atoms with Crippen LogP contribution in [0.1, 0.15) is 27.7 Å². The van der Waals surface area contributed by atoms with Crippen molar-refractivity contribution in [1.82, 2.24) is 10.2 Å². The molecule has 0 aliphatic carbocycles. The van der Waals surface area contributed by atoms with Crippen LogP contribution in [0.3, 0.4) is 0 Å². The van der Waals surface area contributed by atoms with Crippen LogP contribution in [-0.2, 0) is 4.79 Å². The monoisotopic (exact) mass is 202 g/mol. The number of carboxylic acids is 1. The zero-order valence-corrected chi connectivity index (χ0v) is 9.07. The van der Waals surface area contributed by atoms with Gasteiger partial charge in [-0.3, -0.25) is 4.79 Å². The second kappa shape index (κ2) is 5.47. The van der Waals surface area contributed by atoms with Crippen LogP contribution in [0.15, 0.2) is 0 Å².